The number of rotatable bonds is 10. The SMILES string of the molecule is C[C@@H]1O[C@H](O[C@@H]2CC[C@@]3(C)[C@H](CC[C@@H]4[C@@H]3C[C@H](O)[C@@]3(C)[C@@H](C5=CC(=O)OC5)CC[C@]43O)C2)C[C@H](O)[C@H]1O[C@@H]1C[C@H](O)[C@@H](O[C@@H]2C[C@H](O)[C@@H](O[C@H]3O[C@@H](CO)[C@H](O)[C@@H](O)[C@@H]3O)[C@H](C)O2)[C@H](C)O1. The number of hydrogen-bond acceptors (Lipinski definition) is 19. The molecule has 19 nitrogen and oxygen atoms in total. The second kappa shape index (κ2) is 18.9. The molecule has 26 atom stereocenters. The van der Waals surface area contributed by atoms with E-state index < -0.39 is 128 Å². The van der Waals surface area contributed by atoms with Crippen molar-refractivity contribution in [3.63, 3.8) is 0 Å². The van der Waals surface area contributed by atoms with Gasteiger partial charge in [-0.3, -0.25) is 0 Å². The van der Waals surface area contributed by atoms with Gasteiger partial charge in [0.05, 0.1) is 61.0 Å². The van der Waals surface area contributed by atoms with Crippen molar-refractivity contribution < 1.29 is 93.4 Å². The van der Waals surface area contributed by atoms with Gasteiger partial charge in [0.15, 0.2) is 25.2 Å². The number of esters is 1. The summed E-state index contributed by atoms with van der Waals surface area (Å²) in [6.45, 7) is 9.11. The molecule has 4 saturated carbocycles. The van der Waals surface area contributed by atoms with Gasteiger partial charge in [-0.2, -0.15) is 0 Å². The maximum absolute atomic E-state index is 12.6. The van der Waals surface area contributed by atoms with Gasteiger partial charge >= 0.3 is 5.97 Å². The molecule has 0 unspecified atom stereocenters. The molecule has 0 spiro atoms. The Hall–Kier alpha value is -1.47. The van der Waals surface area contributed by atoms with Crippen LogP contribution in [0.2, 0.25) is 0 Å². The number of ether oxygens (including phenoxy) is 9. The molecule has 4 aliphatic carbocycles. The fraction of sp³-hybridized carbons (Fsp3) is 0.936. The molecular weight excluding hydrogens is 868 g/mol. The van der Waals surface area contributed by atoms with Crippen molar-refractivity contribution in [1.82, 2.24) is 0 Å². The molecule has 376 valence electrons. The fourth-order valence-corrected chi connectivity index (χ4v) is 14.3. The Balaban J connectivity index is 0.737. The van der Waals surface area contributed by atoms with Crippen LogP contribution in [0, 0.1) is 34.5 Å². The summed E-state index contributed by atoms with van der Waals surface area (Å²) in [5.74, 6) is 0.0825. The highest BCUT2D eigenvalue weighted by molar-refractivity contribution is 5.85. The minimum atomic E-state index is -1.65. The van der Waals surface area contributed by atoms with Crippen molar-refractivity contribution in [2.45, 2.75) is 228 Å². The molecular formula is C47H74O19. The first-order valence-corrected chi connectivity index (χ1v) is 24.5. The maximum atomic E-state index is 12.6. The first-order chi connectivity index (χ1) is 31.2. The van der Waals surface area contributed by atoms with E-state index in [4.69, 9.17) is 42.6 Å². The summed E-state index contributed by atoms with van der Waals surface area (Å²) in [4.78, 5) is 12.0. The van der Waals surface area contributed by atoms with E-state index in [-0.39, 0.29) is 61.1 Å². The smallest absolute Gasteiger partial charge is 0.331 e. The largest absolute Gasteiger partial charge is 0.458 e. The number of carbonyl (C=O) groups excluding carboxylic acids is 1. The zero-order valence-electron chi connectivity index (χ0n) is 38.7. The van der Waals surface area contributed by atoms with Crippen LogP contribution in [0.25, 0.3) is 0 Å². The number of carbonyl (C=O) groups is 1. The molecule has 5 heterocycles. The van der Waals surface area contributed by atoms with Gasteiger partial charge in [0.25, 0.3) is 0 Å². The lowest BCUT2D eigenvalue weighted by atomic mass is 9.42. The number of fused-ring (bicyclic) bond motifs is 5. The van der Waals surface area contributed by atoms with Crippen LogP contribution >= 0.6 is 0 Å². The van der Waals surface area contributed by atoms with Crippen molar-refractivity contribution in [3.05, 3.63) is 11.6 Å². The normalized spacial score (nSPS) is 55.3. The average molecular weight is 943 g/mol. The van der Waals surface area contributed by atoms with Crippen LogP contribution in [0.3, 0.4) is 0 Å². The maximum Gasteiger partial charge on any atom is 0.331 e. The molecule has 9 aliphatic rings. The van der Waals surface area contributed by atoms with Gasteiger partial charge in [0, 0.05) is 30.8 Å². The van der Waals surface area contributed by atoms with E-state index in [1.807, 2.05) is 13.8 Å². The highest BCUT2D eigenvalue weighted by Crippen LogP contribution is 2.70. The molecule has 5 aliphatic heterocycles. The Labute approximate surface area is 385 Å². The molecule has 0 radical (unpaired) electrons. The van der Waals surface area contributed by atoms with E-state index in [0.717, 1.165) is 44.1 Å². The zero-order valence-corrected chi connectivity index (χ0v) is 38.7. The van der Waals surface area contributed by atoms with E-state index in [2.05, 4.69) is 6.92 Å². The molecule has 0 aromatic rings. The van der Waals surface area contributed by atoms with E-state index in [1.165, 1.54) is 0 Å². The van der Waals surface area contributed by atoms with Gasteiger partial charge in [-0.25, -0.2) is 4.79 Å². The van der Waals surface area contributed by atoms with Gasteiger partial charge in [0.1, 0.15) is 49.3 Å². The van der Waals surface area contributed by atoms with Crippen molar-refractivity contribution in [1.29, 1.82) is 0 Å². The van der Waals surface area contributed by atoms with E-state index in [1.54, 1.807) is 19.9 Å². The van der Waals surface area contributed by atoms with Crippen LogP contribution in [-0.4, -0.2) is 187 Å². The Bertz CT molecular complexity index is 1720. The van der Waals surface area contributed by atoms with Crippen LogP contribution in [0.5, 0.6) is 0 Å². The molecule has 0 aromatic heterocycles. The summed E-state index contributed by atoms with van der Waals surface area (Å²) in [5.41, 5.74) is -0.989. The van der Waals surface area contributed by atoms with E-state index in [9.17, 15) is 50.8 Å². The summed E-state index contributed by atoms with van der Waals surface area (Å²) in [6, 6.07) is 0. The molecule has 9 rings (SSSR count). The summed E-state index contributed by atoms with van der Waals surface area (Å²) < 4.78 is 53.9. The first-order valence-electron chi connectivity index (χ1n) is 24.5. The van der Waals surface area contributed by atoms with Crippen molar-refractivity contribution in [2.75, 3.05) is 13.2 Å². The number of aliphatic hydroxyl groups excluding tert-OH is 8. The summed E-state index contributed by atoms with van der Waals surface area (Å²) in [5, 5.41) is 98.4. The molecule has 0 amide bonds. The number of hydrogen-bond donors (Lipinski definition) is 9. The number of cyclic esters (lactones) is 1. The van der Waals surface area contributed by atoms with Crippen molar-refractivity contribution in [3.8, 4) is 0 Å². The molecule has 9 N–H and O–H groups in total. The summed E-state index contributed by atoms with van der Waals surface area (Å²) in [7, 11) is 0. The molecule has 0 aromatic carbocycles. The Morgan fingerprint density at radius 2 is 1.23 bits per heavy atom. The van der Waals surface area contributed by atoms with Crippen LogP contribution in [-0.2, 0) is 47.4 Å². The van der Waals surface area contributed by atoms with Crippen LogP contribution in [0.15, 0.2) is 11.6 Å². The molecule has 66 heavy (non-hydrogen) atoms. The van der Waals surface area contributed by atoms with Crippen LogP contribution < -0.4 is 0 Å². The van der Waals surface area contributed by atoms with Crippen molar-refractivity contribution in [2.24, 2.45) is 34.5 Å². The lowest BCUT2D eigenvalue weighted by molar-refractivity contribution is -0.355. The summed E-state index contributed by atoms with van der Waals surface area (Å²) >= 11 is 0. The highest BCUT2D eigenvalue weighted by Gasteiger charge is 2.71. The first kappa shape index (κ1) is 49.5. The average Bonchev–Trinajstić information content (AvgIpc) is 3.82. The van der Waals surface area contributed by atoms with E-state index >= 15 is 0 Å². The summed E-state index contributed by atoms with van der Waals surface area (Å²) in [6.07, 6.45) is -10.8. The Morgan fingerprint density at radius 3 is 1.77 bits per heavy atom. The van der Waals surface area contributed by atoms with E-state index in [0.29, 0.717) is 18.8 Å². The molecule has 8 fully saturated rings. The van der Waals surface area contributed by atoms with Crippen molar-refractivity contribution >= 4 is 5.97 Å². The predicted octanol–water partition coefficient (Wildman–Crippen LogP) is 0.0423. The van der Waals surface area contributed by atoms with Gasteiger partial charge in [0.2, 0.25) is 0 Å². The predicted molar refractivity (Wildman–Crippen MR) is 225 cm³/mol. The lowest BCUT2D eigenvalue weighted by Gasteiger charge is -2.65. The number of aliphatic hydroxyl groups is 9. The fourth-order valence-electron chi connectivity index (χ4n) is 14.3. The second-order valence-electron chi connectivity index (χ2n) is 21.6. The zero-order chi connectivity index (χ0) is 47.2. The molecule has 4 saturated heterocycles. The third-order valence-electron chi connectivity index (χ3n) is 18.1. The minimum Gasteiger partial charge on any atom is -0.458 e. The van der Waals surface area contributed by atoms with Crippen LogP contribution in [0.1, 0.15) is 105 Å². The van der Waals surface area contributed by atoms with Gasteiger partial charge in [-0.15, -0.1) is 0 Å². The quantitative estimate of drug-likeness (QED) is 0.103. The highest BCUT2D eigenvalue weighted by atomic mass is 16.8. The van der Waals surface area contributed by atoms with Gasteiger partial charge < -0.3 is 88.6 Å². The standard InChI is InChI=1S/C47H74O19/c1-20-41(64-36-16-30(50)42(21(2)60-36)65-37-17-31(51)43(22(3)61-37)66-44-40(56)39(55)38(54)32(18-48)63-44)29(49)15-35(59-20)62-25-8-10-45(4)24(13-25)6-7-27-28(45)14-33(52)46(5)26(9-11-47(27,46)57)23-12-34(53)58-19-23/h12,20-22,24-33,35-44,48-52,54-57H,6-11,13-19H2,1-5H3/t20-,21-,22-,24+,25+,26+,27+,28-,29-,30-,31-,32-,33-,35+,36+,37+,38-,39+,40-,41-,42-,43-,44+,45-,46+,47-/m0/s1. The minimum absolute atomic E-state index is 0.0188. The third kappa shape index (κ3) is 8.64. The molecule has 0 bridgehead atoms. The third-order valence-corrected chi connectivity index (χ3v) is 18.1. The monoisotopic (exact) mass is 942 g/mol. The Morgan fingerprint density at radius 1 is 0.652 bits per heavy atom. The van der Waals surface area contributed by atoms with Crippen LogP contribution in [0.4, 0.5) is 0 Å². The van der Waals surface area contributed by atoms with Gasteiger partial charge in [-0.05, 0) is 107 Å². The second-order valence-corrected chi connectivity index (χ2v) is 21.6. The lowest BCUT2D eigenvalue weighted by Crippen LogP contribution is -2.67. The topological polar surface area (TPSA) is 282 Å². The van der Waals surface area contributed by atoms with Gasteiger partial charge in [-0.1, -0.05) is 13.8 Å². The molecule has 19 heteroatoms. The Kier molecular flexibility index (Phi) is 14.2.